The number of nitrogens with zero attached hydrogens (tertiary/aromatic N) is 1. The lowest BCUT2D eigenvalue weighted by molar-refractivity contribution is 0.686. The first-order chi connectivity index (χ1) is 5.63. The van der Waals surface area contributed by atoms with E-state index >= 15 is 0 Å². The smallest absolute Gasteiger partial charge is 0.0618 e. The minimum atomic E-state index is -0.903. The average molecular weight is 183 g/mol. The highest BCUT2D eigenvalue weighted by Crippen LogP contribution is 2.20. The predicted molar refractivity (Wildman–Crippen MR) is 53.1 cm³/mol. The van der Waals surface area contributed by atoms with Crippen LogP contribution >= 0.6 is 0 Å². The van der Waals surface area contributed by atoms with Gasteiger partial charge >= 0.3 is 0 Å². The average Bonchev–Trinajstić information content (AvgIpc) is 2.04. The van der Waals surface area contributed by atoms with Crippen LogP contribution in [0.3, 0.4) is 0 Å². The van der Waals surface area contributed by atoms with Crippen molar-refractivity contribution in [2.24, 2.45) is 0 Å². The van der Waals surface area contributed by atoms with E-state index in [1.165, 1.54) is 0 Å². The normalized spacial score (nSPS) is 12.6. The first-order valence-electron chi connectivity index (χ1n) is 3.72. The topological polar surface area (TPSA) is 20.3 Å². The number of anilines is 1. The van der Waals surface area contributed by atoms with Gasteiger partial charge in [0.25, 0.3) is 0 Å². The molecule has 1 rings (SSSR count). The van der Waals surface area contributed by atoms with Gasteiger partial charge < -0.3 is 4.90 Å². The second-order valence-corrected chi connectivity index (χ2v) is 4.16. The van der Waals surface area contributed by atoms with Crippen molar-refractivity contribution in [1.82, 2.24) is 0 Å². The van der Waals surface area contributed by atoms with Gasteiger partial charge in [-0.3, -0.25) is 4.21 Å². The van der Waals surface area contributed by atoms with E-state index in [1.807, 2.05) is 43.3 Å². The van der Waals surface area contributed by atoms with Crippen LogP contribution in [0.2, 0.25) is 0 Å². The Balaban J connectivity index is 3.17. The summed E-state index contributed by atoms with van der Waals surface area (Å²) in [4.78, 5) is 2.86. The molecule has 0 saturated heterocycles. The molecule has 12 heavy (non-hydrogen) atoms. The van der Waals surface area contributed by atoms with Crippen molar-refractivity contribution >= 4 is 16.5 Å². The molecule has 1 aromatic rings. The minimum Gasteiger partial charge on any atom is -0.377 e. The van der Waals surface area contributed by atoms with Crippen LogP contribution in [0.5, 0.6) is 0 Å². The fraction of sp³-hybridized carbons (Fsp3) is 0.333. The van der Waals surface area contributed by atoms with Gasteiger partial charge in [-0.05, 0) is 12.1 Å². The molecule has 1 aromatic carbocycles. The monoisotopic (exact) mass is 183 g/mol. The second-order valence-electron chi connectivity index (χ2n) is 2.82. The summed E-state index contributed by atoms with van der Waals surface area (Å²) in [5.74, 6) is 0. The van der Waals surface area contributed by atoms with Crippen molar-refractivity contribution in [1.29, 1.82) is 0 Å². The summed E-state index contributed by atoms with van der Waals surface area (Å²) in [7, 11) is 3.00. The van der Waals surface area contributed by atoms with Crippen molar-refractivity contribution in [3.63, 3.8) is 0 Å². The molecule has 0 bridgehead atoms. The lowest BCUT2D eigenvalue weighted by Gasteiger charge is -2.15. The van der Waals surface area contributed by atoms with Crippen molar-refractivity contribution in [2.45, 2.75) is 4.90 Å². The molecular weight excluding hydrogens is 170 g/mol. The molecule has 0 amide bonds. The molecule has 66 valence electrons. The van der Waals surface area contributed by atoms with E-state index in [0.717, 1.165) is 10.6 Å². The molecule has 0 heterocycles. The number of para-hydroxylation sites is 1. The van der Waals surface area contributed by atoms with Crippen LogP contribution < -0.4 is 4.90 Å². The highest BCUT2D eigenvalue weighted by Gasteiger charge is 2.05. The Morgan fingerprint density at radius 2 is 1.83 bits per heavy atom. The summed E-state index contributed by atoms with van der Waals surface area (Å²) >= 11 is 0. The zero-order valence-electron chi connectivity index (χ0n) is 7.57. The van der Waals surface area contributed by atoms with Crippen molar-refractivity contribution in [3.8, 4) is 0 Å². The van der Waals surface area contributed by atoms with Crippen LogP contribution in [-0.4, -0.2) is 24.6 Å². The van der Waals surface area contributed by atoms with Crippen LogP contribution in [-0.2, 0) is 10.8 Å². The largest absolute Gasteiger partial charge is 0.377 e. The van der Waals surface area contributed by atoms with Crippen molar-refractivity contribution < 1.29 is 4.21 Å². The third kappa shape index (κ3) is 1.85. The molecule has 0 radical (unpaired) electrons. The van der Waals surface area contributed by atoms with Crippen LogP contribution in [0.15, 0.2) is 29.2 Å². The molecule has 2 nitrogen and oxygen atoms in total. The maximum atomic E-state index is 11.3. The molecular formula is C9H13NOS. The first-order valence-corrected chi connectivity index (χ1v) is 5.28. The van der Waals surface area contributed by atoms with Gasteiger partial charge in [0.2, 0.25) is 0 Å². The maximum absolute atomic E-state index is 11.3. The van der Waals surface area contributed by atoms with Crippen molar-refractivity contribution in [3.05, 3.63) is 24.3 Å². The Morgan fingerprint density at radius 3 is 2.25 bits per heavy atom. The molecule has 0 spiro atoms. The summed E-state index contributed by atoms with van der Waals surface area (Å²) in [5, 5.41) is 0. The summed E-state index contributed by atoms with van der Waals surface area (Å²) in [5.41, 5.74) is 1.03. The van der Waals surface area contributed by atoms with E-state index in [2.05, 4.69) is 0 Å². The molecule has 0 aliphatic heterocycles. The third-order valence-electron chi connectivity index (χ3n) is 1.66. The van der Waals surface area contributed by atoms with Gasteiger partial charge in [-0.25, -0.2) is 0 Å². The number of rotatable bonds is 2. The molecule has 0 fully saturated rings. The number of benzene rings is 1. The lowest BCUT2D eigenvalue weighted by Crippen LogP contribution is -2.11. The predicted octanol–water partition coefficient (Wildman–Crippen LogP) is 1.49. The molecule has 0 aromatic heterocycles. The molecule has 0 saturated carbocycles. The van der Waals surface area contributed by atoms with E-state index in [1.54, 1.807) is 6.26 Å². The Bertz CT molecular complexity index is 296. The molecule has 0 aliphatic rings. The SMILES string of the molecule is CN(C)c1ccccc1[S@](C)=O. The number of hydrogen-bond donors (Lipinski definition) is 0. The van der Waals surface area contributed by atoms with Crippen LogP contribution in [0.25, 0.3) is 0 Å². The Labute approximate surface area is 75.7 Å². The Hall–Kier alpha value is -0.830. The first kappa shape index (κ1) is 9.26. The Morgan fingerprint density at radius 1 is 1.25 bits per heavy atom. The Kier molecular flexibility index (Phi) is 2.87. The summed E-state index contributed by atoms with van der Waals surface area (Å²) in [6.45, 7) is 0. The highest BCUT2D eigenvalue weighted by atomic mass is 32.2. The van der Waals surface area contributed by atoms with Gasteiger partial charge in [-0.15, -0.1) is 0 Å². The van der Waals surface area contributed by atoms with E-state index in [-0.39, 0.29) is 0 Å². The van der Waals surface area contributed by atoms with E-state index < -0.39 is 10.8 Å². The minimum absolute atomic E-state index is 0.891. The van der Waals surface area contributed by atoms with Gasteiger partial charge in [0, 0.05) is 20.4 Å². The summed E-state index contributed by atoms with van der Waals surface area (Å²) in [6.07, 6.45) is 1.70. The van der Waals surface area contributed by atoms with Gasteiger partial charge in [0.05, 0.1) is 21.4 Å². The maximum Gasteiger partial charge on any atom is 0.0618 e. The zero-order chi connectivity index (χ0) is 9.14. The van der Waals surface area contributed by atoms with Gasteiger partial charge in [-0.1, -0.05) is 12.1 Å². The molecule has 0 N–H and O–H groups in total. The van der Waals surface area contributed by atoms with Gasteiger partial charge in [-0.2, -0.15) is 0 Å². The summed E-state index contributed by atoms with van der Waals surface area (Å²) in [6, 6.07) is 7.72. The van der Waals surface area contributed by atoms with E-state index in [0.29, 0.717) is 0 Å². The molecule has 3 heteroatoms. The quantitative estimate of drug-likeness (QED) is 0.692. The standard InChI is InChI=1S/C9H13NOS/c1-10(2)8-6-4-5-7-9(8)12(3)11/h4-7H,1-3H3/t12-/m0/s1. The van der Waals surface area contributed by atoms with Crippen LogP contribution in [0, 0.1) is 0 Å². The zero-order valence-corrected chi connectivity index (χ0v) is 8.39. The van der Waals surface area contributed by atoms with Gasteiger partial charge in [0.1, 0.15) is 0 Å². The van der Waals surface area contributed by atoms with Gasteiger partial charge in [0.15, 0.2) is 0 Å². The highest BCUT2D eigenvalue weighted by molar-refractivity contribution is 7.84. The fourth-order valence-electron chi connectivity index (χ4n) is 1.07. The second kappa shape index (κ2) is 3.72. The fourth-order valence-corrected chi connectivity index (χ4v) is 1.89. The van der Waals surface area contributed by atoms with E-state index in [9.17, 15) is 4.21 Å². The number of hydrogen-bond acceptors (Lipinski definition) is 2. The van der Waals surface area contributed by atoms with Crippen LogP contribution in [0.1, 0.15) is 0 Å². The lowest BCUT2D eigenvalue weighted by atomic mass is 10.3. The van der Waals surface area contributed by atoms with Crippen molar-refractivity contribution in [2.75, 3.05) is 25.3 Å². The van der Waals surface area contributed by atoms with Crippen LogP contribution in [0.4, 0.5) is 5.69 Å². The molecule has 0 unspecified atom stereocenters. The molecule has 0 aliphatic carbocycles. The van der Waals surface area contributed by atoms with E-state index in [4.69, 9.17) is 0 Å². The summed E-state index contributed by atoms with van der Waals surface area (Å²) < 4.78 is 11.3. The third-order valence-corrected chi connectivity index (χ3v) is 2.62. The molecule has 1 atom stereocenters.